The number of hydrogen-bond acceptors (Lipinski definition) is 8. The van der Waals surface area contributed by atoms with Crippen molar-refractivity contribution in [1.82, 2.24) is 24.9 Å². The van der Waals surface area contributed by atoms with Crippen molar-refractivity contribution in [3.8, 4) is 5.69 Å². The number of rotatable bonds is 7. The van der Waals surface area contributed by atoms with Gasteiger partial charge in [-0.05, 0) is 53.6 Å². The van der Waals surface area contributed by atoms with Crippen molar-refractivity contribution in [2.75, 3.05) is 17.6 Å². The molecule has 0 atom stereocenters. The topological polar surface area (TPSA) is 131 Å². The molecule has 10 nitrogen and oxygen atoms in total. The van der Waals surface area contributed by atoms with E-state index in [1.54, 1.807) is 16.8 Å². The highest BCUT2D eigenvalue weighted by Crippen LogP contribution is 2.20. The zero-order chi connectivity index (χ0) is 23.1. The third-order valence-electron chi connectivity index (χ3n) is 4.83. The number of nitrogens with zero attached hydrogens (tertiary/aromatic N) is 5. The Morgan fingerprint density at radius 2 is 1.91 bits per heavy atom. The Labute approximate surface area is 195 Å². The first-order valence-corrected chi connectivity index (χ1v) is 12.9. The lowest BCUT2D eigenvalue weighted by atomic mass is 10.2. The largest absolute Gasteiger partial charge is 0.325 e. The number of hydrogen-bond donors (Lipinski definition) is 2. The minimum Gasteiger partial charge on any atom is -0.325 e. The lowest BCUT2D eigenvalue weighted by Crippen LogP contribution is -2.30. The van der Waals surface area contributed by atoms with Crippen LogP contribution < -0.4 is 10.0 Å². The number of carbonyl (C=O) groups is 1. The summed E-state index contributed by atoms with van der Waals surface area (Å²) in [6.45, 7) is 0.624. The zero-order valence-corrected chi connectivity index (χ0v) is 19.3. The molecular weight excluding hydrogens is 462 g/mol. The number of aromatic nitrogens is 4. The molecule has 172 valence electrons. The summed E-state index contributed by atoms with van der Waals surface area (Å²) in [5.74, 6) is 0.229. The Morgan fingerprint density at radius 3 is 2.76 bits per heavy atom. The van der Waals surface area contributed by atoms with Gasteiger partial charge in [-0.2, -0.15) is 4.68 Å². The van der Waals surface area contributed by atoms with Crippen LogP contribution in [-0.4, -0.2) is 52.7 Å². The fourth-order valence-electron chi connectivity index (χ4n) is 3.24. The van der Waals surface area contributed by atoms with E-state index in [-0.39, 0.29) is 16.6 Å². The quantitative estimate of drug-likeness (QED) is 0.492. The number of benzene rings is 2. The van der Waals surface area contributed by atoms with Gasteiger partial charge in [-0.15, -0.1) is 5.10 Å². The molecule has 0 aliphatic carbocycles. The SMILES string of the molecule is O=C(CSc1nnnn1-c1ccccc1)Nc1cccc(S(=O)(=O)NC2=NCCCCC2)c1. The van der Waals surface area contributed by atoms with Crippen molar-refractivity contribution in [2.45, 2.75) is 35.7 Å². The summed E-state index contributed by atoms with van der Waals surface area (Å²) in [7, 11) is -3.79. The second kappa shape index (κ2) is 10.6. The molecule has 2 heterocycles. The first-order valence-electron chi connectivity index (χ1n) is 10.4. The number of sulfonamides is 1. The van der Waals surface area contributed by atoms with Crippen LogP contribution >= 0.6 is 11.8 Å². The van der Waals surface area contributed by atoms with Gasteiger partial charge in [-0.25, -0.2) is 8.42 Å². The zero-order valence-electron chi connectivity index (χ0n) is 17.7. The average molecular weight is 486 g/mol. The number of anilines is 1. The molecule has 0 fully saturated rings. The maximum Gasteiger partial charge on any atom is 0.262 e. The van der Waals surface area contributed by atoms with E-state index in [0.717, 1.165) is 24.9 Å². The molecule has 2 N–H and O–H groups in total. The summed E-state index contributed by atoms with van der Waals surface area (Å²) in [6, 6.07) is 15.5. The molecule has 0 unspecified atom stereocenters. The smallest absolute Gasteiger partial charge is 0.262 e. The third-order valence-corrected chi connectivity index (χ3v) is 7.13. The van der Waals surface area contributed by atoms with Crippen LogP contribution in [0.25, 0.3) is 5.69 Å². The monoisotopic (exact) mass is 485 g/mol. The Morgan fingerprint density at radius 1 is 1.06 bits per heavy atom. The number of amidine groups is 1. The van der Waals surface area contributed by atoms with Crippen molar-refractivity contribution in [1.29, 1.82) is 0 Å². The molecule has 1 amide bonds. The highest BCUT2D eigenvalue weighted by Gasteiger charge is 2.18. The van der Waals surface area contributed by atoms with Crippen LogP contribution in [0.15, 0.2) is 69.6 Å². The lowest BCUT2D eigenvalue weighted by Gasteiger charge is -2.11. The maximum atomic E-state index is 12.8. The normalized spacial score (nSPS) is 14.2. The molecule has 12 heteroatoms. The van der Waals surface area contributed by atoms with Crippen molar-refractivity contribution in [2.24, 2.45) is 4.99 Å². The number of nitrogens with one attached hydrogen (secondary N) is 2. The van der Waals surface area contributed by atoms with Crippen LogP contribution in [0.5, 0.6) is 0 Å². The molecule has 0 radical (unpaired) electrons. The average Bonchev–Trinajstić information content (AvgIpc) is 3.15. The van der Waals surface area contributed by atoms with E-state index >= 15 is 0 Å². The molecular formula is C21H23N7O3S2. The second-order valence-corrected chi connectivity index (χ2v) is 9.94. The third kappa shape index (κ3) is 6.17. The molecule has 0 saturated heterocycles. The fraction of sp³-hybridized carbons (Fsp3) is 0.286. The van der Waals surface area contributed by atoms with Crippen LogP contribution in [0.2, 0.25) is 0 Å². The van der Waals surface area contributed by atoms with Gasteiger partial charge in [0.25, 0.3) is 10.0 Å². The minimum absolute atomic E-state index is 0.0548. The van der Waals surface area contributed by atoms with Gasteiger partial charge in [-0.1, -0.05) is 42.4 Å². The van der Waals surface area contributed by atoms with Crippen molar-refractivity contribution in [3.63, 3.8) is 0 Å². The number of amides is 1. The summed E-state index contributed by atoms with van der Waals surface area (Å²) in [6.07, 6.45) is 3.51. The van der Waals surface area contributed by atoms with E-state index in [0.29, 0.717) is 29.6 Å². The van der Waals surface area contributed by atoms with Crippen LogP contribution in [0.1, 0.15) is 25.7 Å². The van der Waals surface area contributed by atoms with Gasteiger partial charge in [0.05, 0.1) is 16.3 Å². The first-order chi connectivity index (χ1) is 16.0. The van der Waals surface area contributed by atoms with E-state index in [1.165, 1.54) is 23.9 Å². The van der Waals surface area contributed by atoms with Gasteiger partial charge in [0.1, 0.15) is 5.84 Å². The lowest BCUT2D eigenvalue weighted by molar-refractivity contribution is -0.113. The highest BCUT2D eigenvalue weighted by molar-refractivity contribution is 7.99. The Kier molecular flexibility index (Phi) is 7.35. The van der Waals surface area contributed by atoms with Crippen LogP contribution in [0.3, 0.4) is 0 Å². The van der Waals surface area contributed by atoms with Crippen LogP contribution in [0.4, 0.5) is 5.69 Å². The van der Waals surface area contributed by atoms with Gasteiger partial charge in [0.15, 0.2) is 0 Å². The van der Waals surface area contributed by atoms with Crippen LogP contribution in [0, 0.1) is 0 Å². The molecule has 2 aromatic carbocycles. The molecule has 1 aromatic heterocycles. The van der Waals surface area contributed by atoms with E-state index in [9.17, 15) is 13.2 Å². The fourth-order valence-corrected chi connectivity index (χ4v) is 5.07. The molecule has 1 aliphatic heterocycles. The number of tetrazole rings is 1. The predicted molar refractivity (Wildman–Crippen MR) is 126 cm³/mol. The Hall–Kier alpha value is -3.25. The predicted octanol–water partition coefficient (Wildman–Crippen LogP) is 2.64. The minimum atomic E-state index is -3.79. The van der Waals surface area contributed by atoms with E-state index in [2.05, 4.69) is 30.6 Å². The van der Waals surface area contributed by atoms with E-state index < -0.39 is 10.0 Å². The summed E-state index contributed by atoms with van der Waals surface area (Å²) in [4.78, 5) is 16.9. The Bertz CT molecular complexity index is 1240. The summed E-state index contributed by atoms with van der Waals surface area (Å²) in [5, 5.41) is 14.8. The summed E-state index contributed by atoms with van der Waals surface area (Å²) >= 11 is 1.18. The second-order valence-electron chi connectivity index (χ2n) is 7.32. The van der Waals surface area contributed by atoms with E-state index in [1.807, 2.05) is 30.3 Å². The van der Waals surface area contributed by atoms with Gasteiger partial charge >= 0.3 is 0 Å². The van der Waals surface area contributed by atoms with Crippen molar-refractivity contribution in [3.05, 3.63) is 54.6 Å². The summed E-state index contributed by atoms with van der Waals surface area (Å²) < 4.78 is 29.7. The molecule has 0 spiro atoms. The first kappa shape index (κ1) is 22.9. The molecule has 1 aliphatic rings. The van der Waals surface area contributed by atoms with E-state index in [4.69, 9.17) is 0 Å². The highest BCUT2D eigenvalue weighted by atomic mass is 32.2. The number of para-hydroxylation sites is 1. The molecule has 4 rings (SSSR count). The molecule has 33 heavy (non-hydrogen) atoms. The van der Waals surface area contributed by atoms with Crippen LogP contribution in [-0.2, 0) is 14.8 Å². The van der Waals surface area contributed by atoms with Crippen molar-refractivity contribution >= 4 is 39.2 Å². The molecule has 0 saturated carbocycles. The van der Waals surface area contributed by atoms with Gasteiger partial charge in [0.2, 0.25) is 11.1 Å². The Balaban J connectivity index is 1.38. The molecule has 0 bridgehead atoms. The molecule has 3 aromatic rings. The number of aliphatic imine (C=N–C) groups is 1. The maximum absolute atomic E-state index is 12.8. The standard InChI is InChI=1S/C21H23N7O3S2/c29-20(15-32-21-24-26-27-28(21)17-9-3-1-4-10-17)23-16-8-7-11-18(14-16)33(30,31)25-19-12-5-2-6-13-22-19/h1,3-4,7-11,14H,2,5-6,12-13,15H2,(H,22,25)(H,23,29). The number of thioether (sulfide) groups is 1. The van der Waals surface area contributed by atoms with Gasteiger partial charge in [0, 0.05) is 18.7 Å². The summed E-state index contributed by atoms with van der Waals surface area (Å²) in [5.41, 5.74) is 1.17. The van der Waals surface area contributed by atoms with Gasteiger partial charge < -0.3 is 5.32 Å². The van der Waals surface area contributed by atoms with Gasteiger partial charge in [-0.3, -0.25) is 14.5 Å². The number of carbonyl (C=O) groups excluding carboxylic acids is 1. The van der Waals surface area contributed by atoms with Crippen molar-refractivity contribution < 1.29 is 13.2 Å².